The Morgan fingerprint density at radius 1 is 1.14 bits per heavy atom. The molecule has 0 aliphatic carbocycles. The molecule has 118 valence electrons. The first kappa shape index (κ1) is 18.4. The summed E-state index contributed by atoms with van der Waals surface area (Å²) in [6, 6.07) is 14.3. The van der Waals surface area contributed by atoms with Crippen LogP contribution in [0.15, 0.2) is 53.7 Å². The number of rotatable bonds is 4. The molecule has 0 aliphatic rings. The summed E-state index contributed by atoms with van der Waals surface area (Å²) in [6.07, 6.45) is 1.82. The third-order valence-electron chi connectivity index (χ3n) is 3.21. The Morgan fingerprint density at radius 3 is 2.50 bits per heavy atom. The molecule has 0 aliphatic heterocycles. The lowest BCUT2D eigenvalue weighted by Crippen LogP contribution is -2.36. The van der Waals surface area contributed by atoms with Crippen molar-refractivity contribution < 1.29 is 0 Å². The predicted molar refractivity (Wildman–Crippen MR) is 102 cm³/mol. The normalized spacial score (nSPS) is 10.8. The third-order valence-corrected chi connectivity index (χ3v) is 3.21. The van der Waals surface area contributed by atoms with Gasteiger partial charge in [0.1, 0.15) is 0 Å². The van der Waals surface area contributed by atoms with Crippen LogP contribution >= 0.6 is 24.0 Å². The molecule has 1 N–H and O–H groups in total. The number of halogens is 1. The first-order chi connectivity index (χ1) is 10.2. The van der Waals surface area contributed by atoms with Crippen molar-refractivity contribution in [1.29, 1.82) is 0 Å². The Bertz CT molecular complexity index is 597. The number of guanidine groups is 1. The minimum absolute atomic E-state index is 0. The summed E-state index contributed by atoms with van der Waals surface area (Å²) in [5, 5.41) is 3.36. The average molecular weight is 410 g/mol. The smallest absolute Gasteiger partial charge is 0.194 e. The fourth-order valence-electron chi connectivity index (χ4n) is 1.97. The minimum atomic E-state index is 0. The number of nitrogens with one attached hydrogen (secondary N) is 1. The lowest BCUT2D eigenvalue weighted by atomic mass is 10.2. The summed E-state index contributed by atoms with van der Waals surface area (Å²) in [7, 11) is 3.98. The molecule has 0 fully saturated rings. The molecule has 2 aromatic rings. The minimum Gasteiger partial charge on any atom is -0.351 e. The second kappa shape index (κ2) is 9.40. The van der Waals surface area contributed by atoms with E-state index in [1.807, 2.05) is 49.5 Å². The van der Waals surface area contributed by atoms with Crippen LogP contribution in [0, 0.1) is 6.92 Å². The highest BCUT2D eigenvalue weighted by Crippen LogP contribution is 2.03. The van der Waals surface area contributed by atoms with Crippen LogP contribution in [0.1, 0.15) is 16.8 Å². The summed E-state index contributed by atoms with van der Waals surface area (Å²) in [5.74, 6) is 0.865. The highest BCUT2D eigenvalue weighted by molar-refractivity contribution is 14.0. The van der Waals surface area contributed by atoms with Crippen LogP contribution in [0.5, 0.6) is 0 Å². The maximum atomic E-state index is 4.64. The number of pyridine rings is 1. The van der Waals surface area contributed by atoms with Gasteiger partial charge in [0.15, 0.2) is 5.96 Å². The Labute approximate surface area is 149 Å². The van der Waals surface area contributed by atoms with Crippen molar-refractivity contribution in [3.05, 3.63) is 65.5 Å². The number of aliphatic imine (C=N–C) groups is 1. The van der Waals surface area contributed by atoms with Crippen LogP contribution in [-0.4, -0.2) is 29.9 Å². The van der Waals surface area contributed by atoms with E-state index < -0.39 is 0 Å². The molecule has 0 unspecified atom stereocenters. The molecule has 5 heteroatoms. The van der Waals surface area contributed by atoms with Crippen LogP contribution in [0.4, 0.5) is 0 Å². The van der Waals surface area contributed by atoms with E-state index in [0.29, 0.717) is 13.1 Å². The molecule has 1 heterocycles. The monoisotopic (exact) mass is 410 g/mol. The van der Waals surface area contributed by atoms with Gasteiger partial charge in [0.05, 0.1) is 18.8 Å². The molecule has 0 radical (unpaired) electrons. The quantitative estimate of drug-likeness (QED) is 0.478. The molecule has 0 spiro atoms. The maximum Gasteiger partial charge on any atom is 0.194 e. The van der Waals surface area contributed by atoms with E-state index in [1.54, 1.807) is 0 Å². The Kier molecular flexibility index (Phi) is 7.87. The van der Waals surface area contributed by atoms with E-state index >= 15 is 0 Å². The summed E-state index contributed by atoms with van der Waals surface area (Å²) in [4.78, 5) is 11.0. The van der Waals surface area contributed by atoms with E-state index in [9.17, 15) is 0 Å². The molecule has 0 amide bonds. The van der Waals surface area contributed by atoms with Gasteiger partial charge in [-0.3, -0.25) is 4.98 Å². The van der Waals surface area contributed by atoms with Gasteiger partial charge in [0.2, 0.25) is 0 Å². The van der Waals surface area contributed by atoms with E-state index in [4.69, 9.17) is 0 Å². The van der Waals surface area contributed by atoms with Gasteiger partial charge in [-0.1, -0.05) is 36.4 Å². The number of hydrogen-bond donors (Lipinski definition) is 1. The van der Waals surface area contributed by atoms with Gasteiger partial charge < -0.3 is 10.2 Å². The van der Waals surface area contributed by atoms with Crippen molar-refractivity contribution in [2.45, 2.75) is 20.0 Å². The Hall–Kier alpha value is -1.63. The molecular formula is C17H23IN4. The van der Waals surface area contributed by atoms with Crippen molar-refractivity contribution in [3.8, 4) is 0 Å². The zero-order valence-electron chi connectivity index (χ0n) is 13.3. The van der Waals surface area contributed by atoms with Crippen LogP contribution < -0.4 is 5.32 Å². The lowest BCUT2D eigenvalue weighted by Gasteiger charge is -2.18. The molecule has 0 saturated heterocycles. The molecule has 1 aromatic carbocycles. The third kappa shape index (κ3) is 5.63. The van der Waals surface area contributed by atoms with Gasteiger partial charge in [-0.25, -0.2) is 4.99 Å². The van der Waals surface area contributed by atoms with Crippen molar-refractivity contribution in [3.63, 3.8) is 0 Å². The lowest BCUT2D eigenvalue weighted by molar-refractivity contribution is 0.577. The fraction of sp³-hybridized carbons (Fsp3) is 0.294. The zero-order valence-corrected chi connectivity index (χ0v) is 15.6. The zero-order chi connectivity index (χ0) is 15.1. The second-order valence-electron chi connectivity index (χ2n) is 5.14. The number of nitrogens with zero attached hydrogens (tertiary/aromatic N) is 3. The topological polar surface area (TPSA) is 40.5 Å². The van der Waals surface area contributed by atoms with E-state index in [1.165, 1.54) is 11.1 Å². The SMILES string of the molecule is Cc1cccnc1CNC(=NCc1ccccc1)N(C)C.I. The maximum absolute atomic E-state index is 4.64. The van der Waals surface area contributed by atoms with Crippen LogP contribution in [-0.2, 0) is 13.1 Å². The van der Waals surface area contributed by atoms with Crippen molar-refractivity contribution in [2.75, 3.05) is 14.1 Å². The molecule has 1 aromatic heterocycles. The van der Waals surface area contributed by atoms with Gasteiger partial charge in [0.25, 0.3) is 0 Å². The molecule has 4 nitrogen and oxygen atoms in total. The van der Waals surface area contributed by atoms with Crippen LogP contribution in [0.25, 0.3) is 0 Å². The predicted octanol–water partition coefficient (Wildman–Crippen LogP) is 3.22. The largest absolute Gasteiger partial charge is 0.351 e. The van der Waals surface area contributed by atoms with Gasteiger partial charge in [0, 0.05) is 20.3 Å². The number of aryl methyl sites for hydroxylation is 1. The first-order valence-corrected chi connectivity index (χ1v) is 7.07. The van der Waals surface area contributed by atoms with Crippen LogP contribution in [0.2, 0.25) is 0 Å². The van der Waals surface area contributed by atoms with Crippen molar-refractivity contribution >= 4 is 29.9 Å². The second-order valence-corrected chi connectivity index (χ2v) is 5.14. The van der Waals surface area contributed by atoms with E-state index in [2.05, 4.69) is 40.4 Å². The summed E-state index contributed by atoms with van der Waals surface area (Å²) in [5.41, 5.74) is 3.44. The summed E-state index contributed by atoms with van der Waals surface area (Å²) < 4.78 is 0. The average Bonchev–Trinajstić information content (AvgIpc) is 2.49. The van der Waals surface area contributed by atoms with Crippen LogP contribution in [0.3, 0.4) is 0 Å². The fourth-order valence-corrected chi connectivity index (χ4v) is 1.97. The molecule has 22 heavy (non-hydrogen) atoms. The highest BCUT2D eigenvalue weighted by atomic mass is 127. The molecular weight excluding hydrogens is 387 g/mol. The van der Waals surface area contributed by atoms with Gasteiger partial charge >= 0.3 is 0 Å². The van der Waals surface area contributed by atoms with Crippen molar-refractivity contribution in [1.82, 2.24) is 15.2 Å². The number of aromatic nitrogens is 1. The standard InChI is InChI=1S/C17H22N4.HI/c1-14-8-7-11-18-16(14)13-20-17(21(2)3)19-12-15-9-5-4-6-10-15;/h4-11H,12-13H2,1-3H3,(H,19,20);1H. The van der Waals surface area contributed by atoms with Gasteiger partial charge in [-0.05, 0) is 24.1 Å². The summed E-state index contributed by atoms with van der Waals surface area (Å²) in [6.45, 7) is 3.42. The van der Waals surface area contributed by atoms with E-state index in [0.717, 1.165) is 11.7 Å². The van der Waals surface area contributed by atoms with Gasteiger partial charge in [-0.2, -0.15) is 0 Å². The Balaban J connectivity index is 0.00000242. The Morgan fingerprint density at radius 2 is 1.86 bits per heavy atom. The van der Waals surface area contributed by atoms with Gasteiger partial charge in [-0.15, -0.1) is 24.0 Å². The molecule has 2 rings (SSSR count). The number of benzene rings is 1. The molecule has 0 saturated carbocycles. The molecule has 0 atom stereocenters. The van der Waals surface area contributed by atoms with Crippen molar-refractivity contribution in [2.24, 2.45) is 4.99 Å². The summed E-state index contributed by atoms with van der Waals surface area (Å²) >= 11 is 0. The van der Waals surface area contributed by atoms with E-state index in [-0.39, 0.29) is 24.0 Å². The first-order valence-electron chi connectivity index (χ1n) is 7.07. The highest BCUT2D eigenvalue weighted by Gasteiger charge is 2.04. The number of hydrogen-bond acceptors (Lipinski definition) is 2. The molecule has 0 bridgehead atoms.